The number of halogens is 3. The van der Waals surface area contributed by atoms with E-state index in [1.165, 1.54) is 0 Å². The zero-order chi connectivity index (χ0) is 21.1. The van der Waals surface area contributed by atoms with Gasteiger partial charge in [-0.15, -0.1) is 24.8 Å². The van der Waals surface area contributed by atoms with Gasteiger partial charge in [0.25, 0.3) is 0 Å². The van der Waals surface area contributed by atoms with Gasteiger partial charge in [0.05, 0.1) is 11.6 Å². The van der Waals surface area contributed by atoms with Gasteiger partial charge in [-0.1, -0.05) is 11.6 Å². The van der Waals surface area contributed by atoms with Gasteiger partial charge in [0.2, 0.25) is 5.91 Å². The summed E-state index contributed by atoms with van der Waals surface area (Å²) >= 11 is 5.90. The molecule has 0 unspecified atom stereocenters. The van der Waals surface area contributed by atoms with Crippen molar-refractivity contribution in [2.24, 2.45) is 0 Å². The Morgan fingerprint density at radius 3 is 2.72 bits per heavy atom. The number of amides is 1. The number of hydrogen-bond donors (Lipinski definition) is 2. The maximum absolute atomic E-state index is 12.9. The van der Waals surface area contributed by atoms with Gasteiger partial charge in [0.1, 0.15) is 12.4 Å². The molecule has 1 aliphatic heterocycles. The summed E-state index contributed by atoms with van der Waals surface area (Å²) in [7, 11) is 0. The number of benzene rings is 2. The summed E-state index contributed by atoms with van der Waals surface area (Å²) in [6.45, 7) is 4.00. The molecule has 0 spiro atoms. The number of nitrogens with two attached hydrogens (primary N) is 1. The van der Waals surface area contributed by atoms with Crippen LogP contribution in [-0.4, -0.2) is 41.5 Å². The first-order valence-electron chi connectivity index (χ1n) is 10.1. The highest BCUT2D eigenvalue weighted by atomic mass is 35.5. The molecular formula is C23H27Cl3N4O2. The van der Waals surface area contributed by atoms with Crippen LogP contribution in [0.1, 0.15) is 18.5 Å². The summed E-state index contributed by atoms with van der Waals surface area (Å²) in [4.78, 5) is 19.6. The molecule has 32 heavy (non-hydrogen) atoms. The number of aromatic nitrogens is 1. The summed E-state index contributed by atoms with van der Waals surface area (Å²) in [5, 5.41) is 4.57. The fraction of sp³-hybridized carbons (Fsp3) is 0.304. The molecule has 172 valence electrons. The van der Waals surface area contributed by atoms with Crippen LogP contribution in [0.4, 0.5) is 11.4 Å². The lowest BCUT2D eigenvalue weighted by Gasteiger charge is -2.23. The largest absolute Gasteiger partial charge is 0.492 e. The van der Waals surface area contributed by atoms with Crippen molar-refractivity contribution in [3.8, 4) is 5.75 Å². The Bertz CT molecular complexity index is 1060. The van der Waals surface area contributed by atoms with Crippen molar-refractivity contribution >= 4 is 64.6 Å². The summed E-state index contributed by atoms with van der Waals surface area (Å²) in [5.41, 5.74) is 9.22. The monoisotopic (exact) mass is 496 g/mol. The molecule has 1 saturated heterocycles. The topological polar surface area (TPSA) is 80.5 Å². The van der Waals surface area contributed by atoms with Crippen molar-refractivity contribution < 1.29 is 9.53 Å². The van der Waals surface area contributed by atoms with Crippen molar-refractivity contribution in [2.45, 2.75) is 25.8 Å². The second kappa shape index (κ2) is 11.6. The Kier molecular flexibility index (Phi) is 9.40. The minimum atomic E-state index is -0.164. The summed E-state index contributed by atoms with van der Waals surface area (Å²) in [5.74, 6) is 0.772. The van der Waals surface area contributed by atoms with E-state index < -0.39 is 0 Å². The zero-order valence-corrected chi connectivity index (χ0v) is 20.1. The van der Waals surface area contributed by atoms with Gasteiger partial charge in [0.15, 0.2) is 0 Å². The van der Waals surface area contributed by atoms with Gasteiger partial charge in [-0.05, 0) is 74.8 Å². The lowest BCUT2D eigenvalue weighted by Crippen LogP contribution is -2.41. The highest BCUT2D eigenvalue weighted by Crippen LogP contribution is 2.25. The van der Waals surface area contributed by atoms with E-state index in [2.05, 4.69) is 15.2 Å². The zero-order valence-electron chi connectivity index (χ0n) is 17.7. The fourth-order valence-electron chi connectivity index (χ4n) is 3.90. The van der Waals surface area contributed by atoms with Gasteiger partial charge < -0.3 is 15.8 Å². The number of carbonyl (C=O) groups excluding carboxylic acids is 1. The third kappa shape index (κ3) is 6.17. The van der Waals surface area contributed by atoms with Gasteiger partial charge in [-0.2, -0.15) is 0 Å². The Hall–Kier alpha value is -2.25. The highest BCUT2D eigenvalue weighted by Gasteiger charge is 2.30. The fourth-order valence-corrected chi connectivity index (χ4v) is 4.02. The number of fused-ring (bicyclic) bond motifs is 1. The van der Waals surface area contributed by atoms with E-state index in [0.717, 1.165) is 47.4 Å². The van der Waals surface area contributed by atoms with Crippen LogP contribution in [0.25, 0.3) is 10.9 Å². The van der Waals surface area contributed by atoms with Crippen LogP contribution >= 0.6 is 36.4 Å². The number of nitrogens with zero attached hydrogens (tertiary/aromatic N) is 2. The van der Waals surface area contributed by atoms with E-state index in [0.29, 0.717) is 23.9 Å². The molecule has 2 heterocycles. The molecule has 1 aromatic heterocycles. The molecule has 0 bridgehead atoms. The molecule has 3 aromatic rings. The number of likely N-dealkylation sites (tertiary alicyclic amines) is 1. The van der Waals surface area contributed by atoms with E-state index in [1.54, 1.807) is 12.1 Å². The molecule has 1 aliphatic rings. The van der Waals surface area contributed by atoms with Gasteiger partial charge >= 0.3 is 0 Å². The number of pyridine rings is 1. The molecule has 1 atom stereocenters. The molecule has 1 amide bonds. The molecule has 3 N–H and O–H groups in total. The van der Waals surface area contributed by atoms with Gasteiger partial charge in [0, 0.05) is 34.0 Å². The van der Waals surface area contributed by atoms with E-state index in [4.69, 9.17) is 22.1 Å². The average Bonchev–Trinajstić information content (AvgIpc) is 3.18. The molecule has 2 aromatic carbocycles. The van der Waals surface area contributed by atoms with Crippen LogP contribution in [0.2, 0.25) is 5.02 Å². The number of nitrogen functional groups attached to an aromatic ring is 1. The van der Waals surface area contributed by atoms with Crippen molar-refractivity contribution in [2.75, 3.05) is 30.7 Å². The highest BCUT2D eigenvalue weighted by molar-refractivity contribution is 6.30. The second-order valence-electron chi connectivity index (χ2n) is 7.57. The minimum absolute atomic E-state index is 0. The van der Waals surface area contributed by atoms with Gasteiger partial charge in [-0.25, -0.2) is 0 Å². The molecule has 0 aliphatic carbocycles. The van der Waals surface area contributed by atoms with Crippen LogP contribution in [0.5, 0.6) is 5.75 Å². The second-order valence-corrected chi connectivity index (χ2v) is 8.01. The quantitative estimate of drug-likeness (QED) is 0.495. The Morgan fingerprint density at radius 2 is 1.97 bits per heavy atom. The Balaban J connectivity index is 0.00000181. The SMILES string of the molecule is Cc1cc(N)c2cc(NC(=O)[C@@H]3CCCN3CCOc3ccc(Cl)cc3)ccc2n1.Cl.Cl. The average molecular weight is 498 g/mol. The maximum atomic E-state index is 12.9. The normalized spacial score (nSPS) is 15.6. The van der Waals surface area contributed by atoms with Crippen LogP contribution in [0, 0.1) is 6.92 Å². The molecule has 6 nitrogen and oxygen atoms in total. The first kappa shape index (κ1) is 26.0. The Labute approximate surface area is 205 Å². The lowest BCUT2D eigenvalue weighted by molar-refractivity contribution is -0.120. The number of nitrogens with one attached hydrogen (secondary N) is 1. The molecule has 4 rings (SSSR count). The van der Waals surface area contributed by atoms with E-state index in [9.17, 15) is 4.79 Å². The van der Waals surface area contributed by atoms with Crippen LogP contribution in [0.3, 0.4) is 0 Å². The Morgan fingerprint density at radius 1 is 1.22 bits per heavy atom. The summed E-state index contributed by atoms with van der Waals surface area (Å²) in [6.07, 6.45) is 1.83. The molecular weight excluding hydrogens is 471 g/mol. The molecule has 0 radical (unpaired) electrons. The number of aryl methyl sites for hydroxylation is 1. The van der Waals surface area contributed by atoms with Crippen molar-refractivity contribution in [1.29, 1.82) is 0 Å². The van der Waals surface area contributed by atoms with Crippen LogP contribution in [-0.2, 0) is 4.79 Å². The number of ether oxygens (including phenoxy) is 1. The number of hydrogen-bond acceptors (Lipinski definition) is 5. The van der Waals surface area contributed by atoms with Crippen LogP contribution < -0.4 is 15.8 Å². The number of rotatable bonds is 6. The van der Waals surface area contributed by atoms with E-state index in [1.807, 2.05) is 43.3 Å². The molecule has 1 fully saturated rings. The summed E-state index contributed by atoms with van der Waals surface area (Å²) < 4.78 is 5.79. The van der Waals surface area contributed by atoms with Crippen molar-refractivity contribution in [1.82, 2.24) is 9.88 Å². The standard InChI is InChI=1S/C23H25ClN4O2.2ClH/c1-15-13-20(25)19-14-17(6-9-21(19)26-15)27-23(29)22-3-2-10-28(22)11-12-30-18-7-4-16(24)5-8-18;;/h4-9,13-14,22H,2-3,10-12H2,1H3,(H2,25,26)(H,27,29);2*1H/t22-;;/m0../s1. The molecule has 9 heteroatoms. The predicted molar refractivity (Wildman–Crippen MR) is 136 cm³/mol. The molecule has 0 saturated carbocycles. The third-order valence-corrected chi connectivity index (χ3v) is 5.62. The summed E-state index contributed by atoms with van der Waals surface area (Å²) in [6, 6.07) is 14.6. The minimum Gasteiger partial charge on any atom is -0.492 e. The predicted octanol–water partition coefficient (Wildman–Crippen LogP) is 5.10. The maximum Gasteiger partial charge on any atom is 0.241 e. The number of carbonyl (C=O) groups is 1. The first-order valence-corrected chi connectivity index (χ1v) is 10.5. The van der Waals surface area contributed by atoms with Crippen LogP contribution in [0.15, 0.2) is 48.5 Å². The van der Waals surface area contributed by atoms with E-state index in [-0.39, 0.29) is 36.8 Å². The van der Waals surface area contributed by atoms with Crippen molar-refractivity contribution in [3.05, 3.63) is 59.2 Å². The van der Waals surface area contributed by atoms with Crippen molar-refractivity contribution in [3.63, 3.8) is 0 Å². The lowest BCUT2D eigenvalue weighted by atomic mass is 10.1. The van der Waals surface area contributed by atoms with Gasteiger partial charge in [-0.3, -0.25) is 14.7 Å². The number of anilines is 2. The smallest absolute Gasteiger partial charge is 0.241 e. The first-order chi connectivity index (χ1) is 14.5. The van der Waals surface area contributed by atoms with E-state index >= 15 is 0 Å². The third-order valence-electron chi connectivity index (χ3n) is 5.36.